The summed E-state index contributed by atoms with van der Waals surface area (Å²) >= 11 is 2.24. The number of aromatic nitrogens is 2. The van der Waals surface area contributed by atoms with Crippen molar-refractivity contribution in [3.05, 3.63) is 69.7 Å². The van der Waals surface area contributed by atoms with Gasteiger partial charge in [-0.1, -0.05) is 0 Å². The molecule has 16 heteroatoms. The lowest BCUT2D eigenvalue weighted by Crippen LogP contribution is -2.37. The molecule has 2 aromatic carbocycles. The summed E-state index contributed by atoms with van der Waals surface area (Å²) in [5.74, 6) is -3.32. The quantitative estimate of drug-likeness (QED) is 0.0875. The second-order valence-corrected chi connectivity index (χ2v) is 10.9. The second kappa shape index (κ2) is 15.0. The monoisotopic (exact) mass is 640 g/mol. The first-order chi connectivity index (χ1) is 21.1. The summed E-state index contributed by atoms with van der Waals surface area (Å²) in [6.45, 7) is 2.90. The smallest absolute Gasteiger partial charge is 0.335 e. The maximum absolute atomic E-state index is 12.4. The van der Waals surface area contributed by atoms with E-state index in [0.29, 0.717) is 49.3 Å². The van der Waals surface area contributed by atoms with E-state index in [4.69, 9.17) is 10.2 Å². The summed E-state index contributed by atoms with van der Waals surface area (Å²) in [7, 11) is 0. The van der Waals surface area contributed by atoms with E-state index in [9.17, 15) is 29.4 Å². The number of thiazole rings is 2. The van der Waals surface area contributed by atoms with Gasteiger partial charge < -0.3 is 41.7 Å². The zero-order chi connectivity index (χ0) is 31.6. The van der Waals surface area contributed by atoms with Crippen LogP contribution in [0.25, 0.3) is 21.1 Å². The third-order valence-corrected chi connectivity index (χ3v) is 7.83. The van der Waals surface area contributed by atoms with Gasteiger partial charge in [0.25, 0.3) is 11.8 Å². The zero-order valence-electron chi connectivity index (χ0n) is 23.0. The van der Waals surface area contributed by atoms with Crippen LogP contribution in [-0.2, 0) is 0 Å². The molecule has 0 aliphatic carbocycles. The van der Waals surface area contributed by atoms with Crippen LogP contribution in [0.4, 0.5) is 0 Å². The highest BCUT2D eigenvalue weighted by molar-refractivity contribution is 7.13. The highest BCUT2D eigenvalue weighted by Gasteiger charge is 2.17. The molecular formula is C28H28N6O8S2. The number of rotatable bonds is 15. The van der Waals surface area contributed by atoms with Gasteiger partial charge in [-0.2, -0.15) is 0 Å². The van der Waals surface area contributed by atoms with Crippen molar-refractivity contribution in [3.63, 3.8) is 0 Å². The Morgan fingerprint density at radius 1 is 0.614 bits per heavy atom. The van der Waals surface area contributed by atoms with Gasteiger partial charge in [-0.3, -0.25) is 9.59 Å². The van der Waals surface area contributed by atoms with E-state index in [2.05, 4.69) is 31.2 Å². The van der Waals surface area contributed by atoms with Crippen molar-refractivity contribution in [2.24, 2.45) is 0 Å². The highest BCUT2D eigenvalue weighted by Crippen LogP contribution is 2.33. The third-order valence-electron chi connectivity index (χ3n) is 6.07. The van der Waals surface area contributed by atoms with Crippen molar-refractivity contribution in [3.8, 4) is 32.6 Å². The van der Waals surface area contributed by atoms with Crippen molar-refractivity contribution in [1.82, 2.24) is 31.2 Å². The topological polar surface area (TPSA) is 223 Å². The van der Waals surface area contributed by atoms with Gasteiger partial charge in [0.05, 0.1) is 22.3 Å². The van der Waals surface area contributed by atoms with Crippen molar-refractivity contribution in [2.45, 2.75) is 0 Å². The summed E-state index contributed by atoms with van der Waals surface area (Å²) in [6, 6.07) is 7.72. The minimum Gasteiger partial charge on any atom is -0.507 e. The van der Waals surface area contributed by atoms with Crippen LogP contribution in [0, 0.1) is 0 Å². The molecule has 0 fully saturated rings. The van der Waals surface area contributed by atoms with Gasteiger partial charge in [-0.05, 0) is 36.4 Å². The summed E-state index contributed by atoms with van der Waals surface area (Å²) in [5, 5.41) is 54.0. The van der Waals surface area contributed by atoms with Crippen LogP contribution in [0.5, 0.6) is 11.5 Å². The summed E-state index contributed by atoms with van der Waals surface area (Å²) in [5.41, 5.74) is 0.797. The fraction of sp³-hybridized carbons (Fsp3) is 0.214. The van der Waals surface area contributed by atoms with Crippen molar-refractivity contribution >= 4 is 46.4 Å². The van der Waals surface area contributed by atoms with Gasteiger partial charge in [0.2, 0.25) is 0 Å². The maximum Gasteiger partial charge on any atom is 0.335 e. The Hall–Kier alpha value is -4.90. The van der Waals surface area contributed by atoms with Crippen LogP contribution in [0.1, 0.15) is 41.7 Å². The largest absolute Gasteiger partial charge is 0.507 e. The Balaban J connectivity index is 1.09. The van der Waals surface area contributed by atoms with E-state index in [0.717, 1.165) is 22.7 Å². The Kier molecular flexibility index (Phi) is 10.9. The molecular weight excluding hydrogens is 612 g/mol. The average Bonchev–Trinajstić information content (AvgIpc) is 3.69. The van der Waals surface area contributed by atoms with E-state index in [1.54, 1.807) is 0 Å². The first-order valence-electron chi connectivity index (χ1n) is 13.2. The minimum absolute atomic E-state index is 0.000296. The molecule has 4 aromatic rings. The molecule has 2 amide bonds. The Morgan fingerprint density at radius 3 is 1.39 bits per heavy atom. The Labute approximate surface area is 258 Å². The predicted molar refractivity (Wildman–Crippen MR) is 163 cm³/mol. The number of aromatic carboxylic acids is 2. The Morgan fingerprint density at radius 2 is 1.00 bits per heavy atom. The molecule has 0 saturated heterocycles. The number of nitrogens with one attached hydrogen (secondary N) is 4. The highest BCUT2D eigenvalue weighted by atomic mass is 32.1. The first-order valence-corrected chi connectivity index (χ1v) is 14.9. The van der Waals surface area contributed by atoms with Crippen molar-refractivity contribution in [2.75, 3.05) is 39.3 Å². The first kappa shape index (κ1) is 32.0. The number of amides is 2. The molecule has 0 aliphatic heterocycles. The molecule has 230 valence electrons. The van der Waals surface area contributed by atoms with E-state index >= 15 is 0 Å². The van der Waals surface area contributed by atoms with Crippen LogP contribution in [-0.4, -0.2) is 93.4 Å². The van der Waals surface area contributed by atoms with Gasteiger partial charge in [0.1, 0.15) is 32.9 Å². The van der Waals surface area contributed by atoms with Crippen LogP contribution < -0.4 is 21.3 Å². The lowest BCUT2D eigenvalue weighted by molar-refractivity contribution is 0.0686. The molecule has 0 radical (unpaired) electrons. The van der Waals surface area contributed by atoms with Crippen molar-refractivity contribution in [1.29, 1.82) is 0 Å². The molecule has 0 spiro atoms. The number of benzene rings is 2. The molecule has 0 aliphatic rings. The summed E-state index contributed by atoms with van der Waals surface area (Å²) < 4.78 is 0. The lowest BCUT2D eigenvalue weighted by atomic mass is 10.1. The molecule has 2 heterocycles. The van der Waals surface area contributed by atoms with E-state index in [1.165, 1.54) is 47.2 Å². The Bertz CT molecular complexity index is 1550. The second-order valence-electron chi connectivity index (χ2n) is 9.16. The normalized spacial score (nSPS) is 10.8. The third kappa shape index (κ3) is 8.35. The number of carbonyl (C=O) groups is 4. The standard InChI is InChI=1S/C28H28N6O8S2/c35-21-3-1-15(27(39)40)11-17(21)25-33-19(13-43-25)23(37)31-9-7-29-5-6-30-8-10-32-24(38)20-14-44-26(34-20)18-12-16(28(41)42)2-4-22(18)36/h1-4,11-14,29-30,35-36H,5-10H2,(H,31,37)(H,32,38)(H,39,40)(H,41,42). The number of hydrogen-bond donors (Lipinski definition) is 8. The van der Waals surface area contributed by atoms with E-state index in [1.807, 2.05) is 0 Å². The lowest BCUT2D eigenvalue weighted by Gasteiger charge is -2.08. The summed E-state index contributed by atoms with van der Waals surface area (Å²) in [4.78, 5) is 55.7. The van der Waals surface area contributed by atoms with Gasteiger partial charge in [0, 0.05) is 50.0 Å². The molecule has 14 nitrogen and oxygen atoms in total. The van der Waals surface area contributed by atoms with Gasteiger partial charge in [0.15, 0.2) is 0 Å². The molecule has 2 aromatic heterocycles. The van der Waals surface area contributed by atoms with Crippen LogP contribution in [0.3, 0.4) is 0 Å². The number of phenolic OH excluding ortho intramolecular Hbond substituents is 2. The van der Waals surface area contributed by atoms with Gasteiger partial charge >= 0.3 is 11.9 Å². The number of nitrogens with zero attached hydrogens (tertiary/aromatic N) is 2. The molecule has 0 saturated carbocycles. The fourth-order valence-corrected chi connectivity index (χ4v) is 5.47. The van der Waals surface area contributed by atoms with Crippen molar-refractivity contribution < 1.29 is 39.6 Å². The van der Waals surface area contributed by atoms with E-state index < -0.39 is 23.8 Å². The maximum atomic E-state index is 12.4. The van der Waals surface area contributed by atoms with Crippen LogP contribution in [0.15, 0.2) is 47.2 Å². The minimum atomic E-state index is -1.14. The van der Waals surface area contributed by atoms with Gasteiger partial charge in [-0.25, -0.2) is 19.6 Å². The molecule has 44 heavy (non-hydrogen) atoms. The number of carbonyl (C=O) groups excluding carboxylic acids is 2. The SMILES string of the molecule is O=C(O)c1ccc(O)c(-c2nc(C(=O)NCCNCCNCCNC(=O)c3csc(-c4cc(C(=O)O)ccc4O)n3)cs2)c1. The zero-order valence-corrected chi connectivity index (χ0v) is 24.6. The number of hydrogen-bond acceptors (Lipinski definition) is 12. The number of phenols is 2. The summed E-state index contributed by atoms with van der Waals surface area (Å²) in [6.07, 6.45) is 0. The number of carboxylic acids is 2. The fourth-order valence-electron chi connectivity index (χ4n) is 3.82. The molecule has 0 bridgehead atoms. The van der Waals surface area contributed by atoms with Crippen LogP contribution in [0.2, 0.25) is 0 Å². The van der Waals surface area contributed by atoms with Gasteiger partial charge in [-0.15, -0.1) is 22.7 Å². The van der Waals surface area contributed by atoms with E-state index in [-0.39, 0.29) is 45.1 Å². The molecule has 0 atom stereocenters. The molecule has 0 unspecified atom stereocenters. The van der Waals surface area contributed by atoms with Crippen LogP contribution >= 0.6 is 22.7 Å². The predicted octanol–water partition coefficient (Wildman–Crippen LogP) is 2.08. The molecule has 8 N–H and O–H groups in total. The average molecular weight is 641 g/mol. The molecule has 4 rings (SSSR count). The number of carboxylic acid groups (broad SMARTS) is 2. The number of aromatic hydroxyl groups is 2.